The van der Waals surface area contributed by atoms with Crippen LogP contribution in [0.3, 0.4) is 0 Å². The molecule has 0 saturated heterocycles. The summed E-state index contributed by atoms with van der Waals surface area (Å²) in [6.07, 6.45) is 3.78. The molecule has 0 N–H and O–H groups in total. The van der Waals surface area contributed by atoms with Crippen LogP contribution in [-0.4, -0.2) is 9.77 Å². The number of aromatic nitrogens is 4. The van der Waals surface area contributed by atoms with Crippen molar-refractivity contribution in [2.24, 2.45) is 7.05 Å². The molecule has 0 spiro atoms. The Bertz CT molecular complexity index is 1190. The molecule has 4 rings (SSSR count). The van der Waals surface area contributed by atoms with Gasteiger partial charge in [0.15, 0.2) is 0 Å². The lowest BCUT2D eigenvalue weighted by atomic mass is 10.0. The molecular formula is C21H20Cl2N4O8. The van der Waals surface area contributed by atoms with E-state index >= 15 is 0 Å². The van der Waals surface area contributed by atoms with Gasteiger partial charge in [0.05, 0.1) is 5.56 Å². The molecule has 0 atom stereocenters. The van der Waals surface area contributed by atoms with Gasteiger partial charge in [-0.15, -0.1) is 25.2 Å². The molecule has 0 amide bonds. The molecule has 0 unspecified atom stereocenters. The molecule has 12 nitrogen and oxygen atoms in total. The standard InChI is InChI=1S/C21H20N4.2ClHO4/c1-17-13-20(18-9-5-3-6-10-18)14-21(19-11-7-4-8-12-19)25(17)24-15-22-23(2)16-24;2*2-1(3,4)5/h3-16H,1-2H3;2*(H,2,3,4,5)/q+2;;/p-2. The SMILES string of the molecule is Cc1cc(-c2ccccc2)cc(-c2ccccc2)[n+]1-n1cn[n+](C)c1.[O-][Cl+3]([O-])([O-])[O-].[O-][Cl+3]([O-])([O-])[O-]. The molecule has 0 aliphatic carbocycles. The number of pyridine rings is 1. The highest BCUT2D eigenvalue weighted by molar-refractivity contribution is 5.69. The second kappa shape index (κ2) is 12.1. The average molecular weight is 527 g/mol. The van der Waals surface area contributed by atoms with Gasteiger partial charge in [-0.25, -0.2) is 37.3 Å². The summed E-state index contributed by atoms with van der Waals surface area (Å²) in [6, 6.07) is 25.4. The van der Waals surface area contributed by atoms with Crippen LogP contribution in [0.15, 0.2) is 85.5 Å². The van der Waals surface area contributed by atoms with Gasteiger partial charge in [-0.3, -0.25) is 0 Å². The Hall–Kier alpha value is -3.01. The molecular weight excluding hydrogens is 507 g/mol. The van der Waals surface area contributed by atoms with Crippen molar-refractivity contribution in [3.63, 3.8) is 0 Å². The van der Waals surface area contributed by atoms with Crippen molar-refractivity contribution >= 4 is 0 Å². The summed E-state index contributed by atoms with van der Waals surface area (Å²) in [7, 11) is -7.97. The Morgan fingerprint density at radius 2 is 1.14 bits per heavy atom. The van der Waals surface area contributed by atoms with Crippen LogP contribution in [0.25, 0.3) is 22.4 Å². The molecule has 0 fully saturated rings. The van der Waals surface area contributed by atoms with Crippen LogP contribution in [0.5, 0.6) is 0 Å². The lowest BCUT2D eigenvalue weighted by Crippen LogP contribution is -2.68. The summed E-state index contributed by atoms with van der Waals surface area (Å²) in [5, 5.41) is 4.31. The Morgan fingerprint density at radius 1 is 0.686 bits per heavy atom. The summed E-state index contributed by atoms with van der Waals surface area (Å²) in [6.45, 7) is 2.12. The maximum absolute atomic E-state index is 8.49. The van der Waals surface area contributed by atoms with E-state index in [0.29, 0.717) is 0 Å². The Kier molecular flexibility index (Phi) is 9.76. The minimum absolute atomic E-state index is 1.12. The van der Waals surface area contributed by atoms with E-state index in [2.05, 4.69) is 77.4 Å². The molecule has 0 radical (unpaired) electrons. The number of hydrogen-bond acceptors (Lipinski definition) is 9. The first kappa shape index (κ1) is 28.2. The Morgan fingerprint density at radius 3 is 1.57 bits per heavy atom. The Balaban J connectivity index is 0.000000368. The lowest BCUT2D eigenvalue weighted by Gasteiger charge is -2.17. The molecule has 2 aromatic heterocycles. The third-order valence-corrected chi connectivity index (χ3v) is 4.26. The maximum Gasteiger partial charge on any atom is 0.329 e. The van der Waals surface area contributed by atoms with Gasteiger partial charge < -0.3 is 0 Å². The Labute approximate surface area is 204 Å². The van der Waals surface area contributed by atoms with Crippen molar-refractivity contribution in [3.8, 4) is 22.4 Å². The summed E-state index contributed by atoms with van der Waals surface area (Å²) in [5.41, 5.74) is 5.85. The fourth-order valence-electron chi connectivity index (χ4n) is 3.11. The fourth-order valence-corrected chi connectivity index (χ4v) is 3.11. The predicted molar refractivity (Wildman–Crippen MR) is 96.4 cm³/mol. The molecule has 35 heavy (non-hydrogen) atoms. The number of rotatable bonds is 3. The van der Waals surface area contributed by atoms with Crippen molar-refractivity contribution < 1.29 is 67.1 Å². The van der Waals surface area contributed by atoms with Crippen LogP contribution in [0, 0.1) is 27.4 Å². The van der Waals surface area contributed by atoms with Crippen LogP contribution in [0.4, 0.5) is 0 Å². The van der Waals surface area contributed by atoms with Gasteiger partial charge in [0.1, 0.15) is 7.05 Å². The van der Waals surface area contributed by atoms with Gasteiger partial charge >= 0.3 is 6.33 Å². The third kappa shape index (κ3) is 10.4. The van der Waals surface area contributed by atoms with Crippen molar-refractivity contribution in [2.45, 2.75) is 6.92 Å². The molecule has 0 bridgehead atoms. The molecule has 4 aromatic rings. The highest BCUT2D eigenvalue weighted by atomic mass is 35.7. The van der Waals surface area contributed by atoms with Gasteiger partial charge in [0.25, 0.3) is 12.0 Å². The zero-order chi connectivity index (χ0) is 26.2. The second-order valence-corrected chi connectivity index (χ2v) is 8.38. The van der Waals surface area contributed by atoms with Gasteiger partial charge in [-0.2, -0.15) is 0 Å². The highest BCUT2D eigenvalue weighted by Crippen LogP contribution is 2.24. The molecule has 0 aliphatic heterocycles. The highest BCUT2D eigenvalue weighted by Gasteiger charge is 2.25. The fraction of sp³-hybridized carbons (Fsp3) is 0.0952. The molecule has 186 valence electrons. The van der Waals surface area contributed by atoms with Crippen molar-refractivity contribution in [2.75, 3.05) is 0 Å². The number of hydrogen-bond donors (Lipinski definition) is 0. The van der Waals surface area contributed by atoms with E-state index in [-0.39, 0.29) is 0 Å². The van der Waals surface area contributed by atoms with Crippen molar-refractivity contribution in [1.29, 1.82) is 0 Å². The van der Waals surface area contributed by atoms with E-state index < -0.39 is 20.5 Å². The van der Waals surface area contributed by atoms with Gasteiger partial charge in [-0.1, -0.05) is 48.5 Å². The first-order chi connectivity index (χ1) is 16.2. The van der Waals surface area contributed by atoms with Crippen molar-refractivity contribution in [1.82, 2.24) is 9.77 Å². The number of nitrogens with zero attached hydrogens (tertiary/aromatic N) is 4. The van der Waals surface area contributed by atoms with E-state index in [1.807, 2.05) is 36.5 Å². The summed E-state index contributed by atoms with van der Waals surface area (Å²) >= 11 is 0. The van der Waals surface area contributed by atoms with E-state index in [4.69, 9.17) is 37.3 Å². The van der Waals surface area contributed by atoms with Gasteiger partial charge in [0.2, 0.25) is 5.69 Å². The zero-order valence-corrected chi connectivity index (χ0v) is 19.9. The van der Waals surface area contributed by atoms with Crippen LogP contribution in [0.1, 0.15) is 5.69 Å². The first-order valence-electron chi connectivity index (χ1n) is 9.54. The quantitative estimate of drug-likeness (QED) is 0.232. The number of benzene rings is 2. The van der Waals surface area contributed by atoms with Crippen molar-refractivity contribution in [3.05, 3.63) is 91.1 Å². The molecule has 0 aliphatic rings. The largest absolute Gasteiger partial charge is 0.329 e. The van der Waals surface area contributed by atoms with Crippen LogP contribution < -0.4 is 46.6 Å². The summed E-state index contributed by atoms with van der Waals surface area (Å²) in [5.74, 6) is 0. The molecule has 2 aromatic carbocycles. The number of aryl methyl sites for hydroxylation is 2. The van der Waals surface area contributed by atoms with Crippen LogP contribution >= 0.6 is 0 Å². The van der Waals surface area contributed by atoms with Gasteiger partial charge in [-0.05, 0) is 28.4 Å². The lowest BCUT2D eigenvalue weighted by molar-refractivity contribution is -2.00. The van der Waals surface area contributed by atoms with E-state index in [1.165, 1.54) is 16.7 Å². The van der Waals surface area contributed by atoms with E-state index in [9.17, 15) is 0 Å². The van der Waals surface area contributed by atoms with E-state index in [1.54, 1.807) is 4.68 Å². The third-order valence-electron chi connectivity index (χ3n) is 4.26. The number of halogens is 2. The molecule has 14 heteroatoms. The molecule has 0 saturated carbocycles. The maximum atomic E-state index is 8.49. The topological polar surface area (TPSA) is 210 Å². The molecule has 2 heterocycles. The second-order valence-electron chi connectivity index (χ2n) is 6.87. The normalized spacial score (nSPS) is 11.1. The zero-order valence-electron chi connectivity index (χ0n) is 18.4. The average Bonchev–Trinajstić information content (AvgIpc) is 3.18. The predicted octanol–water partition coefficient (Wildman–Crippen LogP) is -6.56. The summed E-state index contributed by atoms with van der Waals surface area (Å²) in [4.78, 5) is 0. The van der Waals surface area contributed by atoms with E-state index in [0.717, 1.165) is 11.4 Å². The monoisotopic (exact) mass is 526 g/mol. The smallest absolute Gasteiger partial charge is 0.222 e. The minimum Gasteiger partial charge on any atom is -0.222 e. The van der Waals surface area contributed by atoms with Crippen LogP contribution in [0.2, 0.25) is 0 Å². The van der Waals surface area contributed by atoms with Crippen LogP contribution in [-0.2, 0) is 7.05 Å². The first-order valence-corrected chi connectivity index (χ1v) is 12.0. The minimum atomic E-state index is -4.94. The van der Waals surface area contributed by atoms with Gasteiger partial charge in [0, 0.05) is 28.4 Å². The summed E-state index contributed by atoms with van der Waals surface area (Å²) < 4.78 is 73.9.